The zero-order valence-electron chi connectivity index (χ0n) is 17.9. The van der Waals surface area contributed by atoms with Gasteiger partial charge in [0.05, 0.1) is 36.4 Å². The maximum atomic E-state index is 14.7. The first-order valence-electron chi connectivity index (χ1n) is 9.91. The lowest BCUT2D eigenvalue weighted by Crippen LogP contribution is -2.35. The quantitative estimate of drug-likeness (QED) is 0.416. The fourth-order valence-corrected chi connectivity index (χ4v) is 5.20. The van der Waals surface area contributed by atoms with Gasteiger partial charge in [0.15, 0.2) is 11.5 Å². The van der Waals surface area contributed by atoms with Crippen LogP contribution in [0.25, 0.3) is 0 Å². The van der Waals surface area contributed by atoms with Gasteiger partial charge in [-0.05, 0) is 51.3 Å². The molecule has 0 aromatic heterocycles. The molecule has 0 heterocycles. The van der Waals surface area contributed by atoms with Gasteiger partial charge in [-0.2, -0.15) is 0 Å². The monoisotopic (exact) mass is 489 g/mol. The molecule has 0 amide bonds. The van der Waals surface area contributed by atoms with Gasteiger partial charge in [-0.1, -0.05) is 17.7 Å². The number of nitrogens with one attached hydrogen (secondary N) is 1. The molecule has 1 aromatic carbocycles. The molecule has 0 radical (unpaired) electrons. The van der Waals surface area contributed by atoms with E-state index in [0.29, 0.717) is 12.8 Å². The molecule has 0 aliphatic heterocycles. The molecule has 32 heavy (non-hydrogen) atoms. The molecule has 8 nitrogen and oxygen atoms in total. The molecule has 1 aromatic rings. The fraction of sp³-hybridized carbons (Fsp3) is 0.476. The van der Waals surface area contributed by atoms with Crippen molar-refractivity contribution in [2.24, 2.45) is 0 Å². The number of carbonyl (C=O) groups excluding carboxylic acids is 3. The summed E-state index contributed by atoms with van der Waals surface area (Å²) in [6.45, 7) is 2.68. The van der Waals surface area contributed by atoms with Crippen LogP contribution in [-0.4, -0.2) is 50.8 Å². The molecule has 0 spiro atoms. The molecule has 0 saturated carbocycles. The van der Waals surface area contributed by atoms with Gasteiger partial charge < -0.3 is 9.47 Å². The molecule has 2 rings (SSSR count). The number of sulfonamides is 1. The Morgan fingerprint density at radius 3 is 2.59 bits per heavy atom. The lowest BCUT2D eigenvalue weighted by molar-refractivity contribution is -0.143. The minimum atomic E-state index is -4.08. The number of rotatable bonds is 9. The highest BCUT2D eigenvalue weighted by Crippen LogP contribution is 2.32. The van der Waals surface area contributed by atoms with Gasteiger partial charge in [-0.25, -0.2) is 17.6 Å². The molecule has 0 fully saturated rings. The number of anilines is 1. The summed E-state index contributed by atoms with van der Waals surface area (Å²) in [5.74, 6) is -2.58. The van der Waals surface area contributed by atoms with Crippen LogP contribution in [0.5, 0.6) is 0 Å². The van der Waals surface area contributed by atoms with Crippen LogP contribution >= 0.6 is 11.6 Å². The first-order chi connectivity index (χ1) is 14.9. The Labute approximate surface area is 191 Å². The number of allylic oxidation sites excluding steroid dienone is 1. The lowest BCUT2D eigenvalue weighted by atomic mass is 9.93. The number of halogens is 2. The number of esters is 2. The highest BCUT2D eigenvalue weighted by molar-refractivity contribution is 7.93. The SMILES string of the molecule is CCOC(=O)C1=CCCC[C@@H]1S(=O)(=O)Nc1ccc(C(=O)[C@@](C)(F)CC(=O)OC)cc1Cl. The van der Waals surface area contributed by atoms with Crippen molar-refractivity contribution in [3.8, 4) is 0 Å². The highest BCUT2D eigenvalue weighted by atomic mass is 35.5. The third-order valence-corrected chi connectivity index (χ3v) is 6.98. The van der Waals surface area contributed by atoms with E-state index in [-0.39, 0.29) is 34.9 Å². The van der Waals surface area contributed by atoms with Crippen molar-refractivity contribution in [1.29, 1.82) is 0 Å². The minimum Gasteiger partial charge on any atom is -0.469 e. The van der Waals surface area contributed by atoms with Gasteiger partial charge >= 0.3 is 11.9 Å². The molecule has 1 aliphatic carbocycles. The first kappa shape index (κ1) is 25.8. The molecule has 1 N–H and O–H groups in total. The summed E-state index contributed by atoms with van der Waals surface area (Å²) in [7, 11) is -3.00. The Hall–Kier alpha value is -2.46. The lowest BCUT2D eigenvalue weighted by Gasteiger charge is -2.24. The van der Waals surface area contributed by atoms with E-state index < -0.39 is 45.1 Å². The third kappa shape index (κ3) is 6.07. The standard InChI is InChI=1S/C21H25ClFNO7S/c1-4-31-20(27)14-7-5-6-8-17(14)32(28,29)24-16-10-9-13(11-15(16)22)19(26)21(2,23)12-18(25)30-3/h7,9-11,17,24H,4-6,8,12H2,1-3H3/t17-,21-/m0/s1. The van der Waals surface area contributed by atoms with Crippen LogP contribution in [0, 0.1) is 0 Å². The molecular weight excluding hydrogens is 465 g/mol. The van der Waals surface area contributed by atoms with Crippen LogP contribution in [0.2, 0.25) is 5.02 Å². The molecule has 0 bridgehead atoms. The van der Waals surface area contributed by atoms with Gasteiger partial charge in [-0.15, -0.1) is 0 Å². The van der Waals surface area contributed by atoms with Crippen molar-refractivity contribution in [1.82, 2.24) is 0 Å². The average molecular weight is 490 g/mol. The smallest absolute Gasteiger partial charge is 0.335 e. The molecule has 2 atom stereocenters. The zero-order chi connectivity index (χ0) is 24.1. The largest absolute Gasteiger partial charge is 0.469 e. The van der Waals surface area contributed by atoms with Crippen LogP contribution in [0.1, 0.15) is 49.9 Å². The first-order valence-corrected chi connectivity index (χ1v) is 11.8. The van der Waals surface area contributed by atoms with Crippen molar-refractivity contribution in [3.05, 3.63) is 40.4 Å². The van der Waals surface area contributed by atoms with E-state index in [1.807, 2.05) is 0 Å². The molecular formula is C21H25ClFNO7S. The van der Waals surface area contributed by atoms with Gasteiger partial charge in [0.2, 0.25) is 10.0 Å². The number of ether oxygens (including phenoxy) is 2. The van der Waals surface area contributed by atoms with Gasteiger partial charge in [0, 0.05) is 5.56 Å². The van der Waals surface area contributed by atoms with Crippen molar-refractivity contribution in [2.45, 2.75) is 50.4 Å². The van der Waals surface area contributed by atoms with Crippen molar-refractivity contribution in [2.75, 3.05) is 18.4 Å². The fourth-order valence-electron chi connectivity index (χ4n) is 3.29. The molecule has 0 unspecified atom stereocenters. The second kappa shape index (κ2) is 10.4. The summed E-state index contributed by atoms with van der Waals surface area (Å²) in [6.07, 6.45) is 2.13. The Morgan fingerprint density at radius 1 is 1.31 bits per heavy atom. The normalized spacial score (nSPS) is 18.2. The maximum Gasteiger partial charge on any atom is 0.335 e. The Balaban J connectivity index is 2.25. The average Bonchev–Trinajstić information content (AvgIpc) is 2.74. The van der Waals surface area contributed by atoms with Crippen LogP contribution in [0.3, 0.4) is 0 Å². The second-order valence-electron chi connectivity index (χ2n) is 7.42. The highest BCUT2D eigenvalue weighted by Gasteiger charge is 2.38. The van der Waals surface area contributed by atoms with Crippen molar-refractivity contribution >= 4 is 45.0 Å². The van der Waals surface area contributed by atoms with E-state index in [4.69, 9.17) is 16.3 Å². The summed E-state index contributed by atoms with van der Waals surface area (Å²) in [4.78, 5) is 36.0. The van der Waals surface area contributed by atoms with E-state index in [1.54, 1.807) is 13.0 Å². The van der Waals surface area contributed by atoms with E-state index in [9.17, 15) is 27.2 Å². The second-order valence-corrected chi connectivity index (χ2v) is 9.69. The summed E-state index contributed by atoms with van der Waals surface area (Å²) in [5, 5.41) is -1.27. The van der Waals surface area contributed by atoms with Crippen LogP contribution in [0.15, 0.2) is 29.8 Å². The number of alkyl halides is 1. The van der Waals surface area contributed by atoms with E-state index in [2.05, 4.69) is 9.46 Å². The van der Waals surface area contributed by atoms with Crippen molar-refractivity contribution in [3.63, 3.8) is 0 Å². The predicted molar refractivity (Wildman–Crippen MR) is 117 cm³/mol. The summed E-state index contributed by atoms with van der Waals surface area (Å²) < 4.78 is 52.3. The van der Waals surface area contributed by atoms with E-state index >= 15 is 0 Å². The number of methoxy groups -OCH3 is 1. The van der Waals surface area contributed by atoms with Crippen LogP contribution in [0.4, 0.5) is 10.1 Å². The summed E-state index contributed by atoms with van der Waals surface area (Å²) in [6, 6.07) is 3.53. The van der Waals surface area contributed by atoms with Crippen LogP contribution in [-0.2, 0) is 29.1 Å². The Kier molecular flexibility index (Phi) is 8.41. The maximum absolute atomic E-state index is 14.7. The summed E-state index contributed by atoms with van der Waals surface area (Å²) >= 11 is 6.15. The molecule has 176 valence electrons. The number of hydrogen-bond acceptors (Lipinski definition) is 7. The number of Topliss-reactive ketones (excluding diaryl/α,β-unsaturated/α-hetero) is 1. The minimum absolute atomic E-state index is 0.0365. The van der Waals surface area contributed by atoms with Gasteiger partial charge in [0.1, 0.15) is 5.25 Å². The van der Waals surface area contributed by atoms with Crippen molar-refractivity contribution < 1.29 is 36.7 Å². The molecule has 1 aliphatic rings. The molecule has 0 saturated heterocycles. The number of carbonyl (C=O) groups is 3. The Morgan fingerprint density at radius 2 is 2.00 bits per heavy atom. The Bertz CT molecular complexity index is 1040. The number of hydrogen-bond donors (Lipinski definition) is 1. The van der Waals surface area contributed by atoms with E-state index in [1.165, 1.54) is 12.1 Å². The number of benzene rings is 1. The predicted octanol–water partition coefficient (Wildman–Crippen LogP) is 3.60. The number of ketones is 1. The topological polar surface area (TPSA) is 116 Å². The molecule has 11 heteroatoms. The zero-order valence-corrected chi connectivity index (χ0v) is 19.5. The van der Waals surface area contributed by atoms with Crippen LogP contribution < -0.4 is 4.72 Å². The van der Waals surface area contributed by atoms with Gasteiger partial charge in [0.25, 0.3) is 0 Å². The third-order valence-electron chi connectivity index (χ3n) is 4.93. The summed E-state index contributed by atoms with van der Waals surface area (Å²) in [5.41, 5.74) is -2.65. The van der Waals surface area contributed by atoms with Gasteiger partial charge in [-0.3, -0.25) is 14.3 Å². The van der Waals surface area contributed by atoms with E-state index in [0.717, 1.165) is 20.1 Å².